The van der Waals surface area contributed by atoms with Crippen LogP contribution < -0.4 is 14.4 Å². The third-order valence-electron chi connectivity index (χ3n) is 4.37. The Kier molecular flexibility index (Phi) is 6.57. The highest BCUT2D eigenvalue weighted by Gasteiger charge is 2.34. The van der Waals surface area contributed by atoms with Gasteiger partial charge in [0.2, 0.25) is 0 Å². The van der Waals surface area contributed by atoms with Crippen molar-refractivity contribution in [2.75, 3.05) is 18.6 Å². The van der Waals surface area contributed by atoms with Crippen LogP contribution in [0.3, 0.4) is 0 Å². The van der Waals surface area contributed by atoms with Crippen LogP contribution in [0.15, 0.2) is 47.4 Å². The number of anilines is 1. The van der Waals surface area contributed by atoms with E-state index in [1.165, 1.54) is 18.9 Å². The lowest BCUT2D eigenvalue weighted by atomic mass is 10.0. The monoisotopic (exact) mass is 424 g/mol. The van der Waals surface area contributed by atoms with E-state index >= 15 is 0 Å². The van der Waals surface area contributed by atoms with Gasteiger partial charge in [0.15, 0.2) is 22.4 Å². The van der Waals surface area contributed by atoms with Gasteiger partial charge in [0.25, 0.3) is 5.91 Å². The number of thiocarbonyl (C=S) groups is 1. The number of methoxy groups -OCH3 is 1. The van der Waals surface area contributed by atoms with E-state index in [0.29, 0.717) is 20.7 Å². The number of rotatable bonds is 6. The first-order valence-electron chi connectivity index (χ1n) is 9.01. The van der Waals surface area contributed by atoms with E-state index in [-0.39, 0.29) is 18.4 Å². The lowest BCUT2D eigenvalue weighted by Gasteiger charge is -2.20. The molecule has 0 unspecified atom stereocenters. The minimum atomic E-state index is -0.142. The summed E-state index contributed by atoms with van der Waals surface area (Å²) in [5.41, 5.74) is 2.68. The van der Waals surface area contributed by atoms with Gasteiger partial charge < -0.3 is 9.47 Å². The molecule has 0 atom stereocenters. The molecular weight excluding hydrogens is 404 g/mol. The van der Waals surface area contributed by atoms with Crippen molar-refractivity contribution < 1.29 is 14.3 Å². The van der Waals surface area contributed by atoms with Gasteiger partial charge in [-0.25, -0.2) is 0 Å². The van der Waals surface area contributed by atoms with E-state index in [0.717, 1.165) is 16.8 Å². The third-order valence-corrected chi connectivity index (χ3v) is 5.67. The molecule has 3 rings (SSSR count). The number of carbonyl (C=O) groups is 1. The Balaban J connectivity index is 1.92. The molecule has 5 nitrogen and oxygen atoms in total. The largest absolute Gasteiger partial charge is 0.493 e. The number of nitrogens with zero attached hydrogens (tertiary/aromatic N) is 2. The lowest BCUT2D eigenvalue weighted by Crippen LogP contribution is -2.28. The quantitative estimate of drug-likeness (QED) is 0.473. The summed E-state index contributed by atoms with van der Waals surface area (Å²) < 4.78 is 11.2. The maximum absolute atomic E-state index is 13.1. The molecule has 0 radical (unpaired) electrons. The average molecular weight is 425 g/mol. The molecule has 148 valence electrons. The Bertz CT molecular complexity index is 1020. The Morgan fingerprint density at radius 3 is 2.69 bits per heavy atom. The Hall–Kier alpha value is -2.82. The smallest absolute Gasteiger partial charge is 0.270 e. The van der Waals surface area contributed by atoms with Crippen LogP contribution in [0.1, 0.15) is 30.9 Å². The van der Waals surface area contributed by atoms with Gasteiger partial charge >= 0.3 is 0 Å². The summed E-state index contributed by atoms with van der Waals surface area (Å²) in [6.07, 6.45) is 1.79. The van der Waals surface area contributed by atoms with Crippen LogP contribution in [0.5, 0.6) is 11.5 Å². The zero-order valence-electron chi connectivity index (χ0n) is 16.3. The fourth-order valence-corrected chi connectivity index (χ4v) is 4.29. The average Bonchev–Trinajstić information content (AvgIpc) is 2.99. The minimum absolute atomic E-state index is 0.0658. The molecule has 2 aromatic rings. The second-order valence-corrected chi connectivity index (χ2v) is 8.26. The summed E-state index contributed by atoms with van der Waals surface area (Å²) in [6.45, 7) is 4.12. The molecule has 1 fully saturated rings. The first kappa shape index (κ1) is 20.9. The summed E-state index contributed by atoms with van der Waals surface area (Å²) in [6, 6.07) is 15.0. The Morgan fingerprint density at radius 1 is 1.24 bits per heavy atom. The molecule has 2 aromatic carbocycles. The molecular formula is C22H20N2O3S2. The van der Waals surface area contributed by atoms with Gasteiger partial charge in [-0.05, 0) is 41.3 Å². The molecule has 0 saturated carbocycles. The highest BCUT2D eigenvalue weighted by atomic mass is 32.2. The number of amides is 1. The van der Waals surface area contributed by atoms with Gasteiger partial charge in [0.05, 0.1) is 17.7 Å². The highest BCUT2D eigenvalue weighted by molar-refractivity contribution is 8.27. The normalized spacial score (nSPS) is 15.1. The summed E-state index contributed by atoms with van der Waals surface area (Å²) >= 11 is 6.79. The highest BCUT2D eigenvalue weighted by Crippen LogP contribution is 2.39. The van der Waals surface area contributed by atoms with Crippen molar-refractivity contribution in [1.82, 2.24) is 0 Å². The molecule has 1 heterocycles. The van der Waals surface area contributed by atoms with Gasteiger partial charge in [-0.2, -0.15) is 5.26 Å². The van der Waals surface area contributed by atoms with Crippen molar-refractivity contribution in [3.05, 3.63) is 58.5 Å². The van der Waals surface area contributed by atoms with Crippen LogP contribution in [-0.4, -0.2) is 23.9 Å². The summed E-state index contributed by atoms with van der Waals surface area (Å²) in [5, 5.41) is 8.68. The summed E-state index contributed by atoms with van der Waals surface area (Å²) in [5.74, 6) is 1.10. The molecule has 0 aromatic heterocycles. The van der Waals surface area contributed by atoms with Crippen molar-refractivity contribution in [3.63, 3.8) is 0 Å². The number of benzene rings is 2. The van der Waals surface area contributed by atoms with Gasteiger partial charge in [0, 0.05) is 0 Å². The predicted octanol–water partition coefficient (Wildman–Crippen LogP) is 5.13. The second kappa shape index (κ2) is 9.12. The second-order valence-electron chi connectivity index (χ2n) is 6.59. The molecule has 1 aliphatic heterocycles. The predicted molar refractivity (Wildman–Crippen MR) is 120 cm³/mol. The third kappa shape index (κ3) is 4.44. The van der Waals surface area contributed by atoms with Crippen LogP contribution in [-0.2, 0) is 4.79 Å². The maximum Gasteiger partial charge on any atom is 0.270 e. The lowest BCUT2D eigenvalue weighted by molar-refractivity contribution is -0.113. The van der Waals surface area contributed by atoms with Crippen molar-refractivity contribution in [3.8, 4) is 17.6 Å². The van der Waals surface area contributed by atoms with Crippen LogP contribution in [0.2, 0.25) is 0 Å². The van der Waals surface area contributed by atoms with Gasteiger partial charge in [0.1, 0.15) is 6.07 Å². The number of thioether (sulfide) groups is 1. The molecule has 1 aliphatic rings. The summed E-state index contributed by atoms with van der Waals surface area (Å²) in [4.78, 5) is 15.3. The fourth-order valence-electron chi connectivity index (χ4n) is 3.01. The standard InChI is InChI=1S/C22H20N2O3S2/c1-14(2)16-6-4-5-7-17(16)24-21(25)20(29-22(24)28)13-15-8-9-18(27-11-10-23)19(12-15)26-3/h4-9,12-14H,11H2,1-3H3. The van der Waals surface area contributed by atoms with Gasteiger partial charge in [-0.15, -0.1) is 0 Å². The van der Waals surface area contributed by atoms with E-state index < -0.39 is 0 Å². The van der Waals surface area contributed by atoms with Crippen LogP contribution in [0, 0.1) is 11.3 Å². The number of hydrogen-bond acceptors (Lipinski definition) is 6. The van der Waals surface area contributed by atoms with E-state index in [1.54, 1.807) is 23.1 Å². The number of hydrogen-bond donors (Lipinski definition) is 0. The van der Waals surface area contributed by atoms with Crippen LogP contribution in [0.25, 0.3) is 6.08 Å². The topological polar surface area (TPSA) is 62.6 Å². The van der Waals surface area contributed by atoms with E-state index in [9.17, 15) is 4.79 Å². The Morgan fingerprint density at radius 2 is 2.00 bits per heavy atom. The molecule has 0 bridgehead atoms. The number of para-hydroxylation sites is 1. The van der Waals surface area contributed by atoms with Gasteiger partial charge in [-0.1, -0.05) is 62.1 Å². The minimum Gasteiger partial charge on any atom is -0.493 e. The SMILES string of the molecule is COc1cc(C=C2SC(=S)N(c3ccccc3C(C)C)C2=O)ccc1OCC#N. The van der Waals surface area contributed by atoms with Crippen molar-refractivity contribution in [2.45, 2.75) is 19.8 Å². The van der Waals surface area contributed by atoms with Gasteiger partial charge in [-0.3, -0.25) is 9.69 Å². The van der Waals surface area contributed by atoms with E-state index in [1.807, 2.05) is 36.4 Å². The number of nitriles is 1. The molecule has 29 heavy (non-hydrogen) atoms. The molecule has 0 N–H and O–H groups in total. The number of ether oxygens (including phenoxy) is 2. The zero-order chi connectivity index (χ0) is 21.0. The first-order valence-corrected chi connectivity index (χ1v) is 10.2. The summed E-state index contributed by atoms with van der Waals surface area (Å²) in [7, 11) is 1.53. The van der Waals surface area contributed by atoms with Crippen molar-refractivity contribution in [1.29, 1.82) is 5.26 Å². The molecule has 1 saturated heterocycles. The van der Waals surface area contributed by atoms with E-state index in [2.05, 4.69) is 13.8 Å². The molecule has 0 aliphatic carbocycles. The molecule has 1 amide bonds. The molecule has 7 heteroatoms. The first-order chi connectivity index (χ1) is 14.0. The molecule has 0 spiro atoms. The van der Waals surface area contributed by atoms with Crippen molar-refractivity contribution in [2.24, 2.45) is 0 Å². The maximum atomic E-state index is 13.1. The Labute approximate surface area is 179 Å². The van der Waals surface area contributed by atoms with Crippen molar-refractivity contribution >= 4 is 46.0 Å². The van der Waals surface area contributed by atoms with Crippen LogP contribution >= 0.6 is 24.0 Å². The van der Waals surface area contributed by atoms with E-state index in [4.69, 9.17) is 27.0 Å². The zero-order valence-corrected chi connectivity index (χ0v) is 18.0. The number of carbonyl (C=O) groups excluding carboxylic acids is 1. The van der Waals surface area contributed by atoms with Crippen LogP contribution in [0.4, 0.5) is 5.69 Å². The fraction of sp³-hybridized carbons (Fsp3) is 0.227.